The van der Waals surface area contributed by atoms with Crippen molar-refractivity contribution in [1.29, 1.82) is 0 Å². The molecule has 0 spiro atoms. The van der Waals surface area contributed by atoms with Gasteiger partial charge in [0.2, 0.25) is 11.8 Å². The van der Waals surface area contributed by atoms with Gasteiger partial charge in [0, 0.05) is 44.5 Å². The Labute approximate surface area is 211 Å². The Hall–Kier alpha value is -3.59. The van der Waals surface area contributed by atoms with Gasteiger partial charge in [-0.3, -0.25) is 4.90 Å². The Bertz CT molecular complexity index is 1310. The second-order valence-corrected chi connectivity index (χ2v) is 9.16. The number of benzene rings is 1. The Morgan fingerprint density at radius 1 is 1.06 bits per heavy atom. The minimum atomic E-state index is 0.573. The van der Waals surface area contributed by atoms with Crippen LogP contribution in [0.1, 0.15) is 43.4 Å². The molecule has 0 bridgehead atoms. The summed E-state index contributed by atoms with van der Waals surface area (Å²) in [6, 6.07) is 7.94. The monoisotopic (exact) mass is 490 g/mol. The van der Waals surface area contributed by atoms with E-state index in [2.05, 4.69) is 35.8 Å². The molecule has 0 fully saturated rings. The normalized spacial score (nSPS) is 13.7. The number of anilines is 1. The van der Waals surface area contributed by atoms with Crippen molar-refractivity contribution >= 4 is 11.6 Å². The highest BCUT2D eigenvalue weighted by molar-refractivity contribution is 5.58. The van der Waals surface area contributed by atoms with Gasteiger partial charge in [-0.15, -0.1) is 5.10 Å². The highest BCUT2D eigenvalue weighted by atomic mass is 16.5. The van der Waals surface area contributed by atoms with Crippen LogP contribution in [0.3, 0.4) is 0 Å². The first-order valence-corrected chi connectivity index (χ1v) is 12.6. The van der Waals surface area contributed by atoms with Crippen LogP contribution in [0.15, 0.2) is 41.1 Å². The molecule has 1 aliphatic rings. The second-order valence-electron chi connectivity index (χ2n) is 9.16. The molecule has 0 radical (unpaired) electrons. The lowest BCUT2D eigenvalue weighted by molar-refractivity contribution is 0.244. The fraction of sp³-hybridized carbons (Fsp3) is 0.444. The fourth-order valence-electron chi connectivity index (χ4n) is 4.91. The molecule has 1 aromatic carbocycles. The van der Waals surface area contributed by atoms with Gasteiger partial charge in [0.15, 0.2) is 22.9 Å². The maximum Gasteiger partial charge on any atom is 0.228 e. The SMILES string of the molecule is CCCN(CCC)c1ncc(CN2CCc3cc(OC)c(OC)cc3C2)c2nc(-c3ccco3)nn12. The third-order valence-electron chi connectivity index (χ3n) is 6.62. The topological polar surface area (TPSA) is 81.2 Å². The molecule has 3 aromatic heterocycles. The molecule has 4 aromatic rings. The maximum atomic E-state index is 5.61. The minimum Gasteiger partial charge on any atom is -0.493 e. The minimum absolute atomic E-state index is 0.573. The van der Waals surface area contributed by atoms with Gasteiger partial charge in [-0.05, 0) is 54.7 Å². The largest absolute Gasteiger partial charge is 0.493 e. The summed E-state index contributed by atoms with van der Waals surface area (Å²) in [6.07, 6.45) is 6.63. The Morgan fingerprint density at radius 2 is 1.81 bits per heavy atom. The summed E-state index contributed by atoms with van der Waals surface area (Å²) in [5.74, 6) is 3.59. The number of hydrogen-bond acceptors (Lipinski definition) is 8. The van der Waals surface area contributed by atoms with E-state index in [0.29, 0.717) is 11.6 Å². The van der Waals surface area contributed by atoms with Crippen molar-refractivity contribution in [3.8, 4) is 23.1 Å². The van der Waals surface area contributed by atoms with Crippen molar-refractivity contribution in [2.45, 2.75) is 46.2 Å². The highest BCUT2D eigenvalue weighted by Crippen LogP contribution is 2.34. The zero-order valence-corrected chi connectivity index (χ0v) is 21.5. The first kappa shape index (κ1) is 24.1. The van der Waals surface area contributed by atoms with Gasteiger partial charge in [0.1, 0.15) is 0 Å². The number of rotatable bonds is 10. The van der Waals surface area contributed by atoms with Crippen LogP contribution in [0.4, 0.5) is 5.95 Å². The standard InChI is InChI=1S/C27H34N6O3/c1-5-10-32(11-6-2)27-28-16-21(26-29-25(30-33(26)27)22-8-7-13-36-22)18-31-12-9-19-14-23(34-3)24(35-4)15-20(19)17-31/h7-8,13-16H,5-6,9-12,17-18H2,1-4H3. The lowest BCUT2D eigenvalue weighted by Gasteiger charge is -2.29. The molecule has 1 aliphatic heterocycles. The second kappa shape index (κ2) is 10.6. The van der Waals surface area contributed by atoms with E-state index in [4.69, 9.17) is 29.0 Å². The first-order valence-electron chi connectivity index (χ1n) is 12.6. The molecule has 0 N–H and O–H groups in total. The quantitative estimate of drug-likeness (QED) is 0.319. The Kier molecular flexibility index (Phi) is 7.09. The highest BCUT2D eigenvalue weighted by Gasteiger charge is 2.23. The van der Waals surface area contributed by atoms with Crippen LogP contribution in [0.25, 0.3) is 17.2 Å². The molecule has 0 amide bonds. The molecule has 0 saturated carbocycles. The van der Waals surface area contributed by atoms with Gasteiger partial charge in [-0.1, -0.05) is 13.8 Å². The van der Waals surface area contributed by atoms with Gasteiger partial charge in [-0.25, -0.2) is 9.97 Å². The van der Waals surface area contributed by atoms with Crippen LogP contribution in [-0.2, 0) is 19.5 Å². The number of fused-ring (bicyclic) bond motifs is 2. The number of ether oxygens (including phenoxy) is 2. The van der Waals surface area contributed by atoms with E-state index in [1.54, 1.807) is 20.5 Å². The van der Waals surface area contributed by atoms with Crippen LogP contribution in [-0.4, -0.2) is 58.3 Å². The third-order valence-corrected chi connectivity index (χ3v) is 6.62. The van der Waals surface area contributed by atoms with E-state index < -0.39 is 0 Å². The summed E-state index contributed by atoms with van der Waals surface area (Å²) in [4.78, 5) is 14.5. The predicted octanol–water partition coefficient (Wildman–Crippen LogP) is 4.59. The first-order chi connectivity index (χ1) is 17.6. The van der Waals surface area contributed by atoms with Crippen LogP contribution in [0.2, 0.25) is 0 Å². The molecule has 4 heterocycles. The van der Waals surface area contributed by atoms with Crippen LogP contribution >= 0.6 is 0 Å². The van der Waals surface area contributed by atoms with Gasteiger partial charge in [-0.2, -0.15) is 4.52 Å². The molecule has 0 aliphatic carbocycles. The lowest BCUT2D eigenvalue weighted by atomic mass is 9.98. The molecule has 0 unspecified atom stereocenters. The number of aromatic nitrogens is 4. The number of hydrogen-bond donors (Lipinski definition) is 0. The summed E-state index contributed by atoms with van der Waals surface area (Å²) < 4.78 is 18.5. The van der Waals surface area contributed by atoms with Gasteiger partial charge in [0.25, 0.3) is 0 Å². The molecular formula is C27H34N6O3. The molecule has 190 valence electrons. The number of methoxy groups -OCH3 is 2. The van der Waals surface area contributed by atoms with E-state index in [0.717, 1.165) is 80.6 Å². The van der Waals surface area contributed by atoms with Crippen LogP contribution in [0, 0.1) is 0 Å². The molecule has 0 atom stereocenters. The molecule has 9 heteroatoms. The van der Waals surface area contributed by atoms with Gasteiger partial charge < -0.3 is 18.8 Å². The lowest BCUT2D eigenvalue weighted by Crippen LogP contribution is -2.31. The molecule has 36 heavy (non-hydrogen) atoms. The van der Waals surface area contributed by atoms with Crippen molar-refractivity contribution in [3.05, 3.63) is 53.4 Å². The summed E-state index contributed by atoms with van der Waals surface area (Å²) in [5, 5.41) is 4.83. The van der Waals surface area contributed by atoms with E-state index in [1.165, 1.54) is 11.1 Å². The Morgan fingerprint density at radius 3 is 2.47 bits per heavy atom. The Balaban J connectivity index is 1.49. The van der Waals surface area contributed by atoms with Crippen LogP contribution in [0.5, 0.6) is 11.5 Å². The summed E-state index contributed by atoms with van der Waals surface area (Å²) in [7, 11) is 3.36. The number of nitrogens with zero attached hydrogens (tertiary/aromatic N) is 6. The average Bonchev–Trinajstić information content (AvgIpc) is 3.58. The third kappa shape index (κ3) is 4.63. The molecule has 0 saturated heterocycles. The summed E-state index contributed by atoms with van der Waals surface area (Å²) >= 11 is 0. The summed E-state index contributed by atoms with van der Waals surface area (Å²) in [6.45, 7) is 8.68. The van der Waals surface area contributed by atoms with Crippen molar-refractivity contribution in [1.82, 2.24) is 24.5 Å². The molecule has 5 rings (SSSR count). The van der Waals surface area contributed by atoms with Crippen LogP contribution < -0.4 is 14.4 Å². The maximum absolute atomic E-state index is 5.61. The van der Waals surface area contributed by atoms with Gasteiger partial charge >= 0.3 is 0 Å². The zero-order valence-electron chi connectivity index (χ0n) is 21.5. The summed E-state index contributed by atoms with van der Waals surface area (Å²) in [5.41, 5.74) is 4.43. The predicted molar refractivity (Wildman–Crippen MR) is 139 cm³/mol. The van der Waals surface area contributed by atoms with Gasteiger partial charge in [0.05, 0.1) is 20.5 Å². The van der Waals surface area contributed by atoms with Crippen molar-refractivity contribution in [2.24, 2.45) is 0 Å². The zero-order chi connectivity index (χ0) is 25.1. The molecule has 9 nitrogen and oxygen atoms in total. The van der Waals surface area contributed by atoms with Crippen molar-refractivity contribution in [3.63, 3.8) is 0 Å². The van der Waals surface area contributed by atoms with Crippen molar-refractivity contribution in [2.75, 3.05) is 38.8 Å². The van der Waals surface area contributed by atoms with E-state index >= 15 is 0 Å². The molecular weight excluding hydrogens is 456 g/mol. The fourth-order valence-corrected chi connectivity index (χ4v) is 4.91. The van der Waals surface area contributed by atoms with E-state index in [9.17, 15) is 0 Å². The van der Waals surface area contributed by atoms with E-state index in [1.807, 2.05) is 22.8 Å². The smallest absolute Gasteiger partial charge is 0.228 e. The number of furan rings is 1. The average molecular weight is 491 g/mol. The van der Waals surface area contributed by atoms with E-state index in [-0.39, 0.29) is 0 Å². The van der Waals surface area contributed by atoms with Crippen molar-refractivity contribution < 1.29 is 13.9 Å².